The Kier molecular flexibility index (Phi) is 5.07. The molecule has 1 aromatic carbocycles. The second-order valence-electron chi connectivity index (χ2n) is 5.13. The number of hydrogen-bond donors (Lipinski definition) is 3. The monoisotopic (exact) mass is 261 g/mol. The summed E-state index contributed by atoms with van der Waals surface area (Å²) in [5.74, 6) is 0.317. The third-order valence-electron chi connectivity index (χ3n) is 3.70. The van der Waals surface area contributed by atoms with E-state index in [1.807, 2.05) is 0 Å². The van der Waals surface area contributed by atoms with E-state index in [0.717, 1.165) is 19.4 Å². The Balaban J connectivity index is 1.80. The summed E-state index contributed by atoms with van der Waals surface area (Å²) in [6.07, 6.45) is 7.66. The van der Waals surface area contributed by atoms with Gasteiger partial charge in [0, 0.05) is 18.7 Å². The minimum Gasteiger partial charge on any atom is -0.409 e. The van der Waals surface area contributed by atoms with E-state index in [0.29, 0.717) is 12.3 Å². The summed E-state index contributed by atoms with van der Waals surface area (Å²) in [4.78, 5) is 0. The number of unbranched alkanes of at least 4 members (excludes halogenated alkanes) is 1. The highest BCUT2D eigenvalue weighted by molar-refractivity contribution is 5.79. The predicted molar refractivity (Wildman–Crippen MR) is 78.8 cm³/mol. The molecule has 0 atom stereocenters. The molecule has 0 unspecified atom stereocenters. The maximum Gasteiger partial charge on any atom is 0.139 e. The number of anilines is 1. The van der Waals surface area contributed by atoms with Gasteiger partial charge in [0.2, 0.25) is 0 Å². The maximum atomic E-state index is 8.45. The number of nitrogens with one attached hydrogen (secondary N) is 1. The number of hydrogen-bond acceptors (Lipinski definition) is 3. The van der Waals surface area contributed by atoms with Gasteiger partial charge in [-0.15, -0.1) is 0 Å². The molecule has 0 aliphatic heterocycles. The van der Waals surface area contributed by atoms with E-state index < -0.39 is 0 Å². The third kappa shape index (κ3) is 3.88. The molecule has 0 fully saturated rings. The molecule has 4 nitrogen and oxygen atoms in total. The van der Waals surface area contributed by atoms with Crippen molar-refractivity contribution in [2.75, 3.05) is 11.9 Å². The summed E-state index contributed by atoms with van der Waals surface area (Å²) in [5.41, 5.74) is 9.74. The zero-order valence-electron chi connectivity index (χ0n) is 11.4. The van der Waals surface area contributed by atoms with Gasteiger partial charge in [0.1, 0.15) is 5.84 Å². The van der Waals surface area contributed by atoms with Crippen LogP contribution in [0.4, 0.5) is 5.69 Å². The van der Waals surface area contributed by atoms with E-state index in [1.165, 1.54) is 42.5 Å². The minimum atomic E-state index is 0.317. The van der Waals surface area contributed by atoms with E-state index in [2.05, 4.69) is 28.7 Å². The molecule has 1 aliphatic carbocycles. The largest absolute Gasteiger partial charge is 0.409 e. The summed E-state index contributed by atoms with van der Waals surface area (Å²) in [5, 5.41) is 14.9. The van der Waals surface area contributed by atoms with E-state index in [-0.39, 0.29) is 0 Å². The predicted octanol–water partition coefficient (Wildman–Crippen LogP) is 2.89. The summed E-state index contributed by atoms with van der Waals surface area (Å²) >= 11 is 0. The lowest BCUT2D eigenvalue weighted by molar-refractivity contribution is 0.316. The lowest BCUT2D eigenvalue weighted by atomic mass is 9.90. The van der Waals surface area contributed by atoms with Gasteiger partial charge in [-0.1, -0.05) is 17.3 Å². The zero-order valence-corrected chi connectivity index (χ0v) is 11.4. The summed E-state index contributed by atoms with van der Waals surface area (Å²) < 4.78 is 0. The van der Waals surface area contributed by atoms with Crippen molar-refractivity contribution in [3.63, 3.8) is 0 Å². The lowest BCUT2D eigenvalue weighted by Gasteiger charge is -2.20. The Morgan fingerprint density at radius 2 is 2.11 bits per heavy atom. The Morgan fingerprint density at radius 3 is 2.95 bits per heavy atom. The first kappa shape index (κ1) is 13.7. The molecule has 0 radical (unpaired) electrons. The number of nitrogens with two attached hydrogens (primary N) is 1. The van der Waals surface area contributed by atoms with Crippen molar-refractivity contribution < 1.29 is 5.21 Å². The molecule has 4 N–H and O–H groups in total. The van der Waals surface area contributed by atoms with Gasteiger partial charge >= 0.3 is 0 Å². The minimum absolute atomic E-state index is 0.317. The topological polar surface area (TPSA) is 70.6 Å². The van der Waals surface area contributed by atoms with Crippen LogP contribution in [0.3, 0.4) is 0 Å². The van der Waals surface area contributed by atoms with E-state index in [9.17, 15) is 0 Å². The van der Waals surface area contributed by atoms with Crippen molar-refractivity contribution in [1.82, 2.24) is 0 Å². The average Bonchev–Trinajstić information content (AvgIpc) is 2.46. The Hall–Kier alpha value is -1.71. The zero-order chi connectivity index (χ0) is 13.5. The fraction of sp³-hybridized carbons (Fsp3) is 0.533. The second kappa shape index (κ2) is 7.02. The molecular weight excluding hydrogens is 238 g/mol. The van der Waals surface area contributed by atoms with Crippen LogP contribution in [0.5, 0.6) is 0 Å². The number of rotatable bonds is 6. The molecule has 0 heterocycles. The molecule has 0 saturated heterocycles. The molecule has 0 spiro atoms. The SMILES string of the molecule is NC(CCCCNc1cccc2c1CCCC2)=NO. The van der Waals surface area contributed by atoms with Gasteiger partial charge in [0.15, 0.2) is 0 Å². The molecule has 4 heteroatoms. The number of benzene rings is 1. The van der Waals surface area contributed by atoms with Gasteiger partial charge in [-0.25, -0.2) is 0 Å². The molecule has 19 heavy (non-hydrogen) atoms. The number of fused-ring (bicyclic) bond motifs is 1. The van der Waals surface area contributed by atoms with Crippen LogP contribution in [0.2, 0.25) is 0 Å². The van der Waals surface area contributed by atoms with Crippen molar-refractivity contribution >= 4 is 11.5 Å². The van der Waals surface area contributed by atoms with Crippen LogP contribution in [0, 0.1) is 0 Å². The maximum absolute atomic E-state index is 8.45. The average molecular weight is 261 g/mol. The van der Waals surface area contributed by atoms with Gasteiger partial charge in [-0.3, -0.25) is 0 Å². The van der Waals surface area contributed by atoms with Gasteiger partial charge in [-0.05, 0) is 55.7 Å². The molecule has 0 amide bonds. The molecular formula is C15H23N3O. The van der Waals surface area contributed by atoms with Crippen molar-refractivity contribution in [2.24, 2.45) is 10.9 Å². The summed E-state index contributed by atoms with van der Waals surface area (Å²) in [6.45, 7) is 0.940. The fourth-order valence-corrected chi connectivity index (χ4v) is 2.65. The molecule has 0 aromatic heterocycles. The van der Waals surface area contributed by atoms with E-state index in [1.54, 1.807) is 0 Å². The first-order chi connectivity index (χ1) is 9.31. The number of aryl methyl sites for hydroxylation is 1. The molecule has 2 rings (SSSR count). The van der Waals surface area contributed by atoms with Crippen molar-refractivity contribution in [3.8, 4) is 0 Å². The van der Waals surface area contributed by atoms with Crippen LogP contribution in [-0.4, -0.2) is 17.6 Å². The summed E-state index contributed by atoms with van der Waals surface area (Å²) in [6, 6.07) is 6.56. The fourth-order valence-electron chi connectivity index (χ4n) is 2.65. The second-order valence-corrected chi connectivity index (χ2v) is 5.13. The number of oxime groups is 1. The molecule has 0 saturated carbocycles. The van der Waals surface area contributed by atoms with Crippen LogP contribution in [0.15, 0.2) is 23.4 Å². The number of nitrogens with zero attached hydrogens (tertiary/aromatic N) is 1. The van der Waals surface area contributed by atoms with Crippen molar-refractivity contribution in [1.29, 1.82) is 0 Å². The molecule has 0 bridgehead atoms. The summed E-state index contributed by atoms with van der Waals surface area (Å²) in [7, 11) is 0. The van der Waals surface area contributed by atoms with Crippen molar-refractivity contribution in [2.45, 2.75) is 44.9 Å². The molecule has 1 aliphatic rings. The highest BCUT2D eigenvalue weighted by Gasteiger charge is 2.12. The van der Waals surface area contributed by atoms with E-state index >= 15 is 0 Å². The quantitative estimate of drug-likeness (QED) is 0.242. The lowest BCUT2D eigenvalue weighted by Crippen LogP contribution is -2.12. The highest BCUT2D eigenvalue weighted by Crippen LogP contribution is 2.27. The first-order valence-electron chi connectivity index (χ1n) is 7.12. The van der Waals surface area contributed by atoms with Gasteiger partial charge in [0.05, 0.1) is 0 Å². The molecule has 1 aromatic rings. The van der Waals surface area contributed by atoms with Crippen LogP contribution in [-0.2, 0) is 12.8 Å². The molecule has 104 valence electrons. The van der Waals surface area contributed by atoms with Crippen LogP contribution < -0.4 is 11.1 Å². The van der Waals surface area contributed by atoms with Crippen LogP contribution in [0.1, 0.15) is 43.2 Å². The normalized spacial score (nSPS) is 15.1. The van der Waals surface area contributed by atoms with Gasteiger partial charge in [0.25, 0.3) is 0 Å². The van der Waals surface area contributed by atoms with Crippen LogP contribution >= 0.6 is 0 Å². The van der Waals surface area contributed by atoms with Gasteiger partial charge < -0.3 is 16.3 Å². The smallest absolute Gasteiger partial charge is 0.139 e. The Bertz CT molecular complexity index is 443. The van der Waals surface area contributed by atoms with Crippen LogP contribution in [0.25, 0.3) is 0 Å². The number of amidine groups is 1. The Labute approximate surface area is 114 Å². The third-order valence-corrected chi connectivity index (χ3v) is 3.70. The van der Waals surface area contributed by atoms with E-state index in [4.69, 9.17) is 10.9 Å². The standard InChI is InChI=1S/C15H23N3O/c16-15(18-19)10-3-4-11-17-14-9-5-7-12-6-1-2-8-13(12)14/h5,7,9,17,19H,1-4,6,8,10-11H2,(H2,16,18). The van der Waals surface area contributed by atoms with Crippen molar-refractivity contribution in [3.05, 3.63) is 29.3 Å². The Morgan fingerprint density at radius 1 is 1.26 bits per heavy atom. The first-order valence-corrected chi connectivity index (χ1v) is 7.12. The van der Waals surface area contributed by atoms with Gasteiger partial charge in [-0.2, -0.15) is 0 Å². The highest BCUT2D eigenvalue weighted by atomic mass is 16.4.